The summed E-state index contributed by atoms with van der Waals surface area (Å²) in [6.07, 6.45) is 0. The second-order valence-corrected chi connectivity index (χ2v) is 9.27. The number of sulfonamides is 1. The number of benzene rings is 1. The van der Waals surface area contributed by atoms with Gasteiger partial charge in [-0.15, -0.1) is 11.3 Å². The molecule has 1 amide bonds. The van der Waals surface area contributed by atoms with Gasteiger partial charge in [-0.25, -0.2) is 8.42 Å². The number of carbonyl (C=O) groups excluding carboxylic acids is 1. The van der Waals surface area contributed by atoms with Crippen LogP contribution in [0.4, 0.5) is 5.69 Å². The van der Waals surface area contributed by atoms with Crippen LogP contribution < -0.4 is 4.72 Å². The highest BCUT2D eigenvalue weighted by molar-refractivity contribution is 7.94. The summed E-state index contributed by atoms with van der Waals surface area (Å²) in [4.78, 5) is 18.1. The van der Waals surface area contributed by atoms with E-state index >= 15 is 0 Å². The van der Waals surface area contributed by atoms with Crippen molar-refractivity contribution in [2.24, 2.45) is 0 Å². The average Bonchev–Trinajstić information content (AvgIpc) is 3.40. The molecule has 1 aliphatic rings. The second kappa shape index (κ2) is 7.93. The molecule has 152 valence electrons. The van der Waals surface area contributed by atoms with Gasteiger partial charge in [0.25, 0.3) is 10.0 Å². The molecular weight excluding hydrogens is 416 g/mol. The molecule has 0 saturated carbocycles. The number of nitrogens with one attached hydrogen (secondary N) is 1. The van der Waals surface area contributed by atoms with Crippen molar-refractivity contribution in [3.05, 3.63) is 47.2 Å². The number of nitrogens with zero attached hydrogens (tertiary/aromatic N) is 3. The zero-order chi connectivity index (χ0) is 20.4. The van der Waals surface area contributed by atoms with Crippen molar-refractivity contribution in [3.8, 4) is 11.4 Å². The van der Waals surface area contributed by atoms with Gasteiger partial charge in [0.15, 0.2) is 0 Å². The Morgan fingerprint density at radius 3 is 2.66 bits per heavy atom. The summed E-state index contributed by atoms with van der Waals surface area (Å²) in [5.74, 6) is -0.332. The molecule has 0 bridgehead atoms. The largest absolute Gasteiger partial charge is 0.378 e. The molecule has 1 saturated heterocycles. The van der Waals surface area contributed by atoms with Crippen LogP contribution in [-0.4, -0.2) is 55.7 Å². The lowest BCUT2D eigenvalue weighted by Crippen LogP contribution is -2.40. The van der Waals surface area contributed by atoms with Crippen molar-refractivity contribution in [2.75, 3.05) is 31.0 Å². The van der Waals surface area contributed by atoms with E-state index in [1.807, 2.05) is 19.1 Å². The van der Waals surface area contributed by atoms with Gasteiger partial charge in [-0.2, -0.15) is 4.98 Å². The first kappa shape index (κ1) is 19.6. The summed E-state index contributed by atoms with van der Waals surface area (Å²) >= 11 is 1.04. The van der Waals surface area contributed by atoms with Gasteiger partial charge in [0.2, 0.25) is 5.82 Å². The highest BCUT2D eigenvalue weighted by Gasteiger charge is 2.25. The van der Waals surface area contributed by atoms with Crippen LogP contribution >= 0.6 is 11.3 Å². The lowest BCUT2D eigenvalue weighted by atomic mass is 10.2. The van der Waals surface area contributed by atoms with Gasteiger partial charge >= 0.3 is 11.8 Å². The van der Waals surface area contributed by atoms with E-state index in [0.29, 0.717) is 37.6 Å². The predicted molar refractivity (Wildman–Crippen MR) is 106 cm³/mol. The maximum Gasteiger partial charge on any atom is 0.316 e. The number of anilines is 1. The average molecular weight is 434 g/mol. The summed E-state index contributed by atoms with van der Waals surface area (Å²) in [7, 11) is -3.75. The van der Waals surface area contributed by atoms with Crippen LogP contribution in [0.2, 0.25) is 0 Å². The van der Waals surface area contributed by atoms with Crippen molar-refractivity contribution in [1.29, 1.82) is 0 Å². The van der Waals surface area contributed by atoms with Crippen molar-refractivity contribution < 1.29 is 22.5 Å². The smallest absolute Gasteiger partial charge is 0.316 e. The third kappa shape index (κ3) is 4.31. The summed E-state index contributed by atoms with van der Waals surface area (Å²) in [5, 5.41) is 5.43. The lowest BCUT2D eigenvalue weighted by molar-refractivity contribution is 0.0272. The van der Waals surface area contributed by atoms with Gasteiger partial charge in [0.1, 0.15) is 4.21 Å². The number of aromatic nitrogens is 2. The van der Waals surface area contributed by atoms with E-state index in [1.165, 1.54) is 6.07 Å². The number of morpholine rings is 1. The van der Waals surface area contributed by atoms with Gasteiger partial charge in [-0.3, -0.25) is 9.52 Å². The minimum atomic E-state index is -3.75. The van der Waals surface area contributed by atoms with Crippen LogP contribution in [0.15, 0.2) is 44.4 Å². The van der Waals surface area contributed by atoms with Crippen LogP contribution in [0.5, 0.6) is 0 Å². The minimum absolute atomic E-state index is 0.110. The number of aryl methyl sites for hydroxylation is 1. The van der Waals surface area contributed by atoms with Gasteiger partial charge in [0, 0.05) is 29.7 Å². The first-order valence-corrected chi connectivity index (χ1v) is 11.2. The molecule has 9 nitrogen and oxygen atoms in total. The Morgan fingerprint density at radius 1 is 1.21 bits per heavy atom. The van der Waals surface area contributed by atoms with E-state index in [2.05, 4.69) is 14.9 Å². The minimum Gasteiger partial charge on any atom is -0.378 e. The number of thiophene rings is 1. The van der Waals surface area contributed by atoms with Gasteiger partial charge in [0.05, 0.1) is 13.2 Å². The first-order chi connectivity index (χ1) is 13.9. The lowest BCUT2D eigenvalue weighted by Gasteiger charge is -2.25. The molecule has 1 N–H and O–H groups in total. The third-order valence-corrected chi connectivity index (χ3v) is 7.13. The quantitative estimate of drug-likeness (QED) is 0.656. The fourth-order valence-electron chi connectivity index (χ4n) is 2.73. The monoisotopic (exact) mass is 434 g/mol. The Hall–Kier alpha value is -2.76. The molecule has 2 aromatic heterocycles. The number of rotatable bonds is 5. The molecule has 11 heteroatoms. The molecule has 1 fully saturated rings. The van der Waals surface area contributed by atoms with Crippen LogP contribution in [-0.2, 0) is 14.8 Å². The Balaban J connectivity index is 1.51. The first-order valence-electron chi connectivity index (χ1n) is 8.81. The maximum absolute atomic E-state index is 12.6. The SMILES string of the molecule is Cc1ccc(NS(=O)(=O)c2cc(-c3noc(C(=O)N4CCOCC4)n3)cs2)cc1. The molecule has 0 unspecified atom stereocenters. The summed E-state index contributed by atoms with van der Waals surface area (Å²) < 4.78 is 38.2. The predicted octanol–water partition coefficient (Wildman–Crippen LogP) is 2.38. The van der Waals surface area contributed by atoms with Gasteiger partial charge in [-0.05, 0) is 25.1 Å². The molecule has 1 aliphatic heterocycles. The van der Waals surface area contributed by atoms with E-state index in [0.717, 1.165) is 16.9 Å². The van der Waals surface area contributed by atoms with E-state index < -0.39 is 10.0 Å². The molecule has 3 heterocycles. The molecule has 0 aliphatic carbocycles. The molecule has 0 spiro atoms. The molecule has 3 aromatic rings. The fourth-order valence-corrected chi connectivity index (χ4v) is 4.95. The zero-order valence-corrected chi connectivity index (χ0v) is 17.1. The summed E-state index contributed by atoms with van der Waals surface area (Å²) in [6.45, 7) is 3.77. The normalized spacial score (nSPS) is 14.7. The highest BCUT2D eigenvalue weighted by Crippen LogP contribution is 2.28. The number of carbonyl (C=O) groups is 1. The molecule has 0 radical (unpaired) electrons. The topological polar surface area (TPSA) is 115 Å². The van der Waals surface area contributed by atoms with Crippen LogP contribution in [0.25, 0.3) is 11.4 Å². The Labute approximate surface area is 171 Å². The Morgan fingerprint density at radius 2 is 1.93 bits per heavy atom. The van der Waals surface area contributed by atoms with Crippen molar-refractivity contribution >= 4 is 33.0 Å². The van der Waals surface area contributed by atoms with Crippen molar-refractivity contribution in [3.63, 3.8) is 0 Å². The van der Waals surface area contributed by atoms with Crippen molar-refractivity contribution in [1.82, 2.24) is 15.0 Å². The Kier molecular flexibility index (Phi) is 5.35. The number of amides is 1. The Bertz CT molecular complexity index is 1120. The molecule has 4 rings (SSSR count). The van der Waals surface area contributed by atoms with E-state index in [-0.39, 0.29) is 21.8 Å². The highest BCUT2D eigenvalue weighted by atomic mass is 32.2. The zero-order valence-electron chi connectivity index (χ0n) is 15.5. The van der Waals surface area contributed by atoms with Crippen LogP contribution in [0, 0.1) is 6.92 Å². The summed E-state index contributed by atoms with van der Waals surface area (Å²) in [5.41, 5.74) is 1.97. The molecule has 1 aromatic carbocycles. The van der Waals surface area contributed by atoms with Gasteiger partial charge in [-0.1, -0.05) is 22.9 Å². The van der Waals surface area contributed by atoms with Crippen molar-refractivity contribution in [2.45, 2.75) is 11.1 Å². The number of hydrogen-bond acceptors (Lipinski definition) is 8. The molecule has 0 atom stereocenters. The van der Waals surface area contributed by atoms with E-state index in [4.69, 9.17) is 9.26 Å². The standard InChI is InChI=1S/C18H18N4O5S2/c1-12-2-4-14(5-3-12)21-29(24,25)15-10-13(11-28-15)16-19-17(27-20-16)18(23)22-6-8-26-9-7-22/h2-5,10-11,21H,6-9H2,1H3. The number of ether oxygens (including phenoxy) is 1. The second-order valence-electron chi connectivity index (χ2n) is 6.45. The van der Waals surface area contributed by atoms with Crippen LogP contribution in [0.1, 0.15) is 16.2 Å². The number of hydrogen-bond donors (Lipinski definition) is 1. The molecular formula is C18H18N4O5S2. The van der Waals surface area contributed by atoms with E-state index in [1.54, 1.807) is 22.4 Å². The summed E-state index contributed by atoms with van der Waals surface area (Å²) in [6, 6.07) is 8.50. The third-order valence-electron chi connectivity index (χ3n) is 4.31. The maximum atomic E-state index is 12.6. The van der Waals surface area contributed by atoms with Crippen LogP contribution in [0.3, 0.4) is 0 Å². The van der Waals surface area contributed by atoms with E-state index in [9.17, 15) is 13.2 Å². The molecule has 29 heavy (non-hydrogen) atoms. The fraction of sp³-hybridized carbons (Fsp3) is 0.278. The van der Waals surface area contributed by atoms with Gasteiger partial charge < -0.3 is 14.2 Å².